The van der Waals surface area contributed by atoms with Crippen molar-refractivity contribution in [3.63, 3.8) is 0 Å². The van der Waals surface area contributed by atoms with E-state index in [2.05, 4.69) is 39.5 Å². The highest BCUT2D eigenvalue weighted by Gasteiger charge is 2.21. The number of anilines is 2. The molecule has 1 atom stereocenters. The average molecular weight is 482 g/mol. The van der Waals surface area contributed by atoms with E-state index in [4.69, 9.17) is 9.47 Å². The van der Waals surface area contributed by atoms with Crippen LogP contribution in [-0.2, 0) is 20.8 Å². The number of benzene rings is 2. The van der Waals surface area contributed by atoms with Crippen LogP contribution in [0.5, 0.6) is 0 Å². The van der Waals surface area contributed by atoms with Crippen molar-refractivity contribution in [3.8, 4) is 11.4 Å². The van der Waals surface area contributed by atoms with Gasteiger partial charge in [-0.05, 0) is 44.2 Å². The van der Waals surface area contributed by atoms with Crippen LogP contribution in [-0.4, -0.2) is 65.9 Å². The number of carbonyl (C=O) groups is 1. The lowest BCUT2D eigenvalue weighted by Crippen LogP contribution is -2.36. The molecule has 1 aliphatic rings. The van der Waals surface area contributed by atoms with Crippen molar-refractivity contribution in [2.24, 2.45) is 0 Å². The summed E-state index contributed by atoms with van der Waals surface area (Å²) in [5.41, 5.74) is 4.06. The third-order valence-electron chi connectivity index (χ3n) is 5.67. The zero-order valence-corrected chi connectivity index (χ0v) is 20.7. The topological polar surface area (TPSA) is 81.5 Å². The fourth-order valence-electron chi connectivity index (χ4n) is 3.79. The summed E-state index contributed by atoms with van der Waals surface area (Å²) in [6.07, 6.45) is 0. The van der Waals surface area contributed by atoms with Gasteiger partial charge in [-0.1, -0.05) is 35.5 Å². The van der Waals surface area contributed by atoms with Crippen molar-refractivity contribution >= 4 is 29.0 Å². The number of hydrogen-bond donors (Lipinski definition) is 1. The number of amides is 1. The Labute approximate surface area is 204 Å². The predicted molar refractivity (Wildman–Crippen MR) is 135 cm³/mol. The van der Waals surface area contributed by atoms with Crippen molar-refractivity contribution in [2.45, 2.75) is 30.8 Å². The maximum absolute atomic E-state index is 12.9. The second-order valence-electron chi connectivity index (χ2n) is 8.22. The number of morpholine rings is 1. The number of carbonyl (C=O) groups excluding carboxylic acids is 1. The molecule has 1 unspecified atom stereocenters. The van der Waals surface area contributed by atoms with E-state index in [1.165, 1.54) is 11.8 Å². The number of nitrogens with zero attached hydrogens (tertiary/aromatic N) is 4. The molecule has 8 nitrogen and oxygen atoms in total. The number of hydrogen-bond acceptors (Lipinski definition) is 7. The zero-order valence-electron chi connectivity index (χ0n) is 19.9. The summed E-state index contributed by atoms with van der Waals surface area (Å²) in [6.45, 7) is 8.31. The van der Waals surface area contributed by atoms with E-state index < -0.39 is 0 Å². The molecule has 1 fully saturated rings. The molecule has 2 aromatic carbocycles. The van der Waals surface area contributed by atoms with Crippen LogP contribution in [0.25, 0.3) is 11.4 Å². The molecule has 0 saturated carbocycles. The molecule has 4 rings (SSSR count). The fraction of sp³-hybridized carbons (Fsp3) is 0.400. The van der Waals surface area contributed by atoms with Gasteiger partial charge in [0.25, 0.3) is 0 Å². The van der Waals surface area contributed by atoms with Gasteiger partial charge in [0, 0.05) is 37.1 Å². The Morgan fingerprint density at radius 1 is 1.18 bits per heavy atom. The van der Waals surface area contributed by atoms with E-state index in [0.29, 0.717) is 18.3 Å². The molecule has 1 N–H and O–H groups in total. The van der Waals surface area contributed by atoms with Crippen LogP contribution in [0.4, 0.5) is 11.4 Å². The molecule has 1 aromatic heterocycles. The predicted octanol–water partition coefficient (Wildman–Crippen LogP) is 3.86. The third kappa shape index (κ3) is 5.97. The van der Waals surface area contributed by atoms with Gasteiger partial charge in [-0.3, -0.25) is 9.36 Å². The Balaban J connectivity index is 1.43. The third-order valence-corrected chi connectivity index (χ3v) is 6.76. The van der Waals surface area contributed by atoms with Gasteiger partial charge in [0.2, 0.25) is 5.91 Å². The molecule has 180 valence electrons. The summed E-state index contributed by atoms with van der Waals surface area (Å²) in [7, 11) is 1.67. The van der Waals surface area contributed by atoms with Crippen molar-refractivity contribution in [1.29, 1.82) is 0 Å². The molecule has 0 radical (unpaired) electrons. The van der Waals surface area contributed by atoms with Crippen LogP contribution in [0.2, 0.25) is 0 Å². The van der Waals surface area contributed by atoms with E-state index in [1.54, 1.807) is 7.11 Å². The molecule has 2 heterocycles. The normalized spacial score (nSPS) is 14.7. The number of aromatic nitrogens is 3. The minimum absolute atomic E-state index is 0.0810. The second-order valence-corrected chi connectivity index (χ2v) is 9.52. The summed E-state index contributed by atoms with van der Waals surface area (Å²) >= 11 is 1.39. The van der Waals surface area contributed by atoms with E-state index in [0.717, 1.165) is 54.6 Å². The van der Waals surface area contributed by atoms with Crippen LogP contribution in [0.15, 0.2) is 53.7 Å². The molecule has 1 aliphatic heterocycles. The molecule has 9 heteroatoms. The molecular weight excluding hydrogens is 450 g/mol. The summed E-state index contributed by atoms with van der Waals surface area (Å²) in [4.78, 5) is 15.2. The van der Waals surface area contributed by atoms with Crippen LogP contribution in [0, 0.1) is 6.92 Å². The maximum atomic E-state index is 12.9. The fourth-order valence-corrected chi connectivity index (χ4v) is 4.67. The SMILES string of the molecule is COCCn1c(SC(C)C(=O)Nc2ccc(N3CCOCC3)cc2)nnc1-c1cccc(C)c1. The highest BCUT2D eigenvalue weighted by molar-refractivity contribution is 8.00. The Kier molecular flexibility index (Phi) is 8.21. The first-order valence-electron chi connectivity index (χ1n) is 11.4. The van der Waals surface area contributed by atoms with Crippen molar-refractivity contribution < 1.29 is 14.3 Å². The Hall–Kier alpha value is -2.88. The summed E-state index contributed by atoms with van der Waals surface area (Å²) < 4.78 is 12.7. The maximum Gasteiger partial charge on any atom is 0.237 e. The standard InChI is InChI=1S/C25H31N5O3S/c1-18-5-4-6-20(17-18)23-27-28-25(30(23)13-14-32-3)34-19(2)24(31)26-21-7-9-22(10-8-21)29-11-15-33-16-12-29/h4-10,17,19H,11-16H2,1-3H3,(H,26,31). The molecule has 0 bridgehead atoms. The van der Waals surface area contributed by atoms with Gasteiger partial charge in [0.15, 0.2) is 11.0 Å². The number of nitrogens with one attached hydrogen (secondary N) is 1. The zero-order chi connectivity index (χ0) is 23.9. The minimum Gasteiger partial charge on any atom is -0.383 e. The largest absolute Gasteiger partial charge is 0.383 e. The van der Waals surface area contributed by atoms with Gasteiger partial charge >= 0.3 is 0 Å². The number of methoxy groups -OCH3 is 1. The number of thioether (sulfide) groups is 1. The Bertz CT molecular complexity index is 1100. The lowest BCUT2D eigenvalue weighted by Gasteiger charge is -2.28. The van der Waals surface area contributed by atoms with Gasteiger partial charge in [-0.2, -0.15) is 0 Å². The average Bonchev–Trinajstić information content (AvgIpc) is 3.25. The monoisotopic (exact) mass is 481 g/mol. The molecule has 0 aliphatic carbocycles. The summed E-state index contributed by atoms with van der Waals surface area (Å²) in [6, 6.07) is 16.1. The molecule has 3 aromatic rings. The first kappa shape index (κ1) is 24.3. The van der Waals surface area contributed by atoms with E-state index in [1.807, 2.05) is 47.9 Å². The van der Waals surface area contributed by atoms with Gasteiger partial charge in [-0.25, -0.2) is 0 Å². The molecule has 1 amide bonds. The van der Waals surface area contributed by atoms with Crippen LogP contribution >= 0.6 is 11.8 Å². The second kappa shape index (κ2) is 11.5. The van der Waals surface area contributed by atoms with Gasteiger partial charge in [-0.15, -0.1) is 10.2 Å². The van der Waals surface area contributed by atoms with Crippen LogP contribution in [0.3, 0.4) is 0 Å². The van der Waals surface area contributed by atoms with E-state index >= 15 is 0 Å². The molecule has 0 spiro atoms. The first-order chi connectivity index (χ1) is 16.5. The first-order valence-corrected chi connectivity index (χ1v) is 12.3. The summed E-state index contributed by atoms with van der Waals surface area (Å²) in [5.74, 6) is 0.692. The van der Waals surface area contributed by atoms with Crippen LogP contribution in [0.1, 0.15) is 12.5 Å². The van der Waals surface area contributed by atoms with Gasteiger partial charge in [0.05, 0.1) is 31.6 Å². The summed E-state index contributed by atoms with van der Waals surface area (Å²) in [5, 5.41) is 12.2. The number of aryl methyl sites for hydroxylation is 1. The van der Waals surface area contributed by atoms with E-state index in [9.17, 15) is 4.79 Å². The minimum atomic E-state index is -0.352. The quantitative estimate of drug-likeness (QED) is 0.465. The highest BCUT2D eigenvalue weighted by Crippen LogP contribution is 2.28. The van der Waals surface area contributed by atoms with E-state index in [-0.39, 0.29) is 11.2 Å². The Morgan fingerprint density at radius 2 is 1.94 bits per heavy atom. The molecule has 34 heavy (non-hydrogen) atoms. The van der Waals surface area contributed by atoms with Gasteiger partial charge < -0.3 is 19.7 Å². The lowest BCUT2D eigenvalue weighted by atomic mass is 10.1. The number of ether oxygens (including phenoxy) is 2. The molecule has 1 saturated heterocycles. The number of rotatable bonds is 9. The van der Waals surface area contributed by atoms with Crippen molar-refractivity contribution in [3.05, 3.63) is 54.1 Å². The molecular formula is C25H31N5O3S. The van der Waals surface area contributed by atoms with Crippen molar-refractivity contribution in [2.75, 3.05) is 50.2 Å². The Morgan fingerprint density at radius 3 is 2.65 bits per heavy atom. The lowest BCUT2D eigenvalue weighted by molar-refractivity contribution is -0.115. The van der Waals surface area contributed by atoms with Crippen LogP contribution < -0.4 is 10.2 Å². The van der Waals surface area contributed by atoms with Gasteiger partial charge in [0.1, 0.15) is 0 Å². The van der Waals surface area contributed by atoms with Crippen molar-refractivity contribution in [1.82, 2.24) is 14.8 Å². The highest BCUT2D eigenvalue weighted by atomic mass is 32.2. The smallest absolute Gasteiger partial charge is 0.237 e.